The molecule has 68 heavy (non-hydrogen) atoms. The van der Waals surface area contributed by atoms with Crippen molar-refractivity contribution in [2.24, 2.45) is 11.7 Å². The van der Waals surface area contributed by atoms with E-state index < -0.39 is 79.9 Å². The van der Waals surface area contributed by atoms with Gasteiger partial charge in [-0.3, -0.25) is 42.8 Å². The Bertz CT molecular complexity index is 2230. The van der Waals surface area contributed by atoms with E-state index in [2.05, 4.69) is 32.5 Å². The third kappa shape index (κ3) is 18.8. The summed E-state index contributed by atoms with van der Waals surface area (Å²) < 4.78 is 27.6. The highest BCUT2D eigenvalue weighted by Crippen LogP contribution is 2.33. The Balaban J connectivity index is 0.000000277. The first-order chi connectivity index (χ1) is 32.4. The first-order valence-corrected chi connectivity index (χ1v) is 24.2. The SMILES string of the molecule is CCCCCCCNC(=O)/C=C/c1cn([C@H]2C[C@@H](O)[C@@H](CO)O2)c(=O)[nH]c1=O.NC/C=C/c1cn([C@@H]2O[C@H](CO)[C@H](O)C2O)c(=O)[nH]c1=O.[NH3+]CCCCCC(=O)N1CCC(COP(=O)([O-])O)C1. The molecular weight excluding hydrogens is 919 g/mol. The maximum atomic E-state index is 12.0. The number of unbranched alkanes of at least 4 members (excludes halogenated alkanes) is 6. The molecule has 3 saturated heterocycles. The summed E-state index contributed by atoms with van der Waals surface area (Å²) in [5.41, 5.74) is 6.61. The predicted octanol–water partition coefficient (Wildman–Crippen LogP) is -3.49. The monoisotopic (exact) mass is 988 g/mol. The summed E-state index contributed by atoms with van der Waals surface area (Å²) >= 11 is 0. The van der Waals surface area contributed by atoms with Gasteiger partial charge in [0, 0.05) is 63.4 Å². The number of rotatable bonds is 22. The fraction of sp³-hybridized carbons (Fsp3) is 0.667. The van der Waals surface area contributed by atoms with E-state index in [1.807, 2.05) is 0 Å². The molecule has 0 bridgehead atoms. The third-order valence-corrected chi connectivity index (χ3v) is 11.6. The van der Waals surface area contributed by atoms with E-state index in [0.717, 1.165) is 60.6 Å². The van der Waals surface area contributed by atoms with Crippen LogP contribution in [0.2, 0.25) is 0 Å². The van der Waals surface area contributed by atoms with Gasteiger partial charge in [0.1, 0.15) is 30.6 Å². The molecule has 0 spiro atoms. The van der Waals surface area contributed by atoms with Crippen molar-refractivity contribution in [2.75, 3.05) is 52.5 Å². The third-order valence-electron chi connectivity index (χ3n) is 11.2. The van der Waals surface area contributed by atoms with Gasteiger partial charge in [0.2, 0.25) is 11.8 Å². The summed E-state index contributed by atoms with van der Waals surface area (Å²) in [6, 6.07) is 0. The fourth-order valence-corrected chi connectivity index (χ4v) is 7.74. The molecule has 2 aromatic rings. The lowest BCUT2D eigenvalue weighted by Crippen LogP contribution is -2.50. The Morgan fingerprint density at radius 3 is 2.16 bits per heavy atom. The van der Waals surface area contributed by atoms with Crippen LogP contribution in [0.15, 0.2) is 43.7 Å². The van der Waals surface area contributed by atoms with Gasteiger partial charge in [0.05, 0.1) is 43.6 Å². The van der Waals surface area contributed by atoms with E-state index >= 15 is 0 Å². The van der Waals surface area contributed by atoms with Crippen LogP contribution in [0, 0.1) is 5.92 Å². The van der Waals surface area contributed by atoms with Gasteiger partial charge < -0.3 is 71.0 Å². The summed E-state index contributed by atoms with van der Waals surface area (Å²) in [5, 5.41) is 50.4. The van der Waals surface area contributed by atoms with Crippen LogP contribution in [0.1, 0.15) is 101 Å². The summed E-state index contributed by atoms with van der Waals surface area (Å²) in [7, 11) is -4.65. The molecule has 0 aromatic carbocycles. The van der Waals surface area contributed by atoms with Crippen molar-refractivity contribution in [1.82, 2.24) is 29.3 Å². The number of likely N-dealkylation sites (tertiary alicyclic amines) is 1. The fourth-order valence-electron chi connectivity index (χ4n) is 7.34. The number of quaternary nitrogens is 1. The Morgan fingerprint density at radius 1 is 0.926 bits per heavy atom. The van der Waals surface area contributed by atoms with E-state index in [4.69, 9.17) is 30.3 Å². The number of nitrogens with zero attached hydrogens (tertiary/aromatic N) is 3. The second-order valence-corrected chi connectivity index (χ2v) is 17.6. The number of aromatic amines is 2. The number of amides is 2. The maximum absolute atomic E-state index is 12.0. The molecule has 2 aromatic heterocycles. The number of carbonyl (C=O) groups is 2. The Hall–Kier alpha value is -4.47. The lowest BCUT2D eigenvalue weighted by molar-refractivity contribution is -0.368. The van der Waals surface area contributed by atoms with E-state index in [0.29, 0.717) is 32.5 Å². The van der Waals surface area contributed by atoms with Gasteiger partial charge in [0.25, 0.3) is 18.9 Å². The number of nitrogens with one attached hydrogen (secondary N) is 3. The topological polar surface area (TPSA) is 402 Å². The average Bonchev–Trinajstić information content (AvgIpc) is 4.01. The predicted molar refractivity (Wildman–Crippen MR) is 243 cm³/mol. The highest BCUT2D eigenvalue weighted by atomic mass is 31.2. The van der Waals surface area contributed by atoms with Gasteiger partial charge in [0.15, 0.2) is 6.23 Å². The number of nitrogens with two attached hydrogens (primary N) is 1. The second-order valence-electron chi connectivity index (χ2n) is 16.4. The number of phosphoric ester groups is 1. The molecule has 3 aliphatic rings. The van der Waals surface area contributed by atoms with Crippen molar-refractivity contribution in [1.29, 1.82) is 0 Å². The van der Waals surface area contributed by atoms with Crippen LogP contribution in [-0.4, -0.2) is 149 Å². The van der Waals surface area contributed by atoms with Gasteiger partial charge in [-0.1, -0.05) is 44.8 Å². The molecule has 0 aliphatic carbocycles. The zero-order valence-corrected chi connectivity index (χ0v) is 39.2. The minimum Gasteiger partial charge on any atom is -0.756 e. The van der Waals surface area contributed by atoms with Gasteiger partial charge in [-0.15, -0.1) is 0 Å². The summed E-state index contributed by atoms with van der Waals surface area (Å²) in [6.45, 7) is 4.03. The number of hydrogen-bond donors (Lipinski definition) is 11. The van der Waals surface area contributed by atoms with E-state index in [1.165, 1.54) is 43.1 Å². The summed E-state index contributed by atoms with van der Waals surface area (Å²) in [4.78, 5) is 96.2. The average molecular weight is 989 g/mol. The lowest BCUT2D eigenvalue weighted by atomic mass is 10.1. The standard InChI is InChI=1S/C19H29N3O6.C12H17N3O6.C11H23N2O5P/c1-2-3-4-5-6-9-20-16(25)8-7-13-11-22(19(27)21-18(13)26)17-10-14(24)15(12-23)28-17;13-3-1-2-6-4-15(12(20)14-10(6)19)11-9(18)8(17)7(5-16)21-11;12-6-3-1-2-4-11(14)13-7-5-10(8-13)9-18-19(15,16)17/h7-8,11,14-15,17,23-24H,2-6,9-10,12H2,1H3,(H,20,25)(H,21,26,27);1-2,4,7-9,11,16-18H,3,5,13H2,(H,14,19,20);10H,1-9,12H2,(H2,15,16,17)/b8-7+;2-1+;/t14-,15-,17-;7-,8+,9?,11-;/m11./s1. The number of carbonyl (C=O) groups excluding carboxylic acids is 2. The molecule has 3 unspecified atom stereocenters. The minimum atomic E-state index is -4.65. The number of hydrogen-bond acceptors (Lipinski definition) is 17. The molecule has 5 heterocycles. The molecule has 3 aliphatic heterocycles. The number of phosphoric acid groups is 1. The molecule has 3 fully saturated rings. The lowest BCUT2D eigenvalue weighted by Gasteiger charge is -2.19. The van der Waals surface area contributed by atoms with E-state index in [9.17, 15) is 53.5 Å². The van der Waals surface area contributed by atoms with Crippen molar-refractivity contribution in [3.63, 3.8) is 0 Å². The van der Waals surface area contributed by atoms with Gasteiger partial charge >= 0.3 is 11.4 Å². The Morgan fingerprint density at radius 2 is 1.56 bits per heavy atom. The van der Waals surface area contributed by atoms with Crippen LogP contribution in [0.4, 0.5) is 0 Å². The smallest absolute Gasteiger partial charge is 0.330 e. The summed E-state index contributed by atoms with van der Waals surface area (Å²) in [6.07, 6.45) is 10.3. The quantitative estimate of drug-likeness (QED) is 0.0310. The molecular formula is C42H69N8O17P. The van der Waals surface area contributed by atoms with E-state index in [1.54, 1.807) is 4.90 Å². The van der Waals surface area contributed by atoms with Crippen LogP contribution >= 0.6 is 7.82 Å². The van der Waals surface area contributed by atoms with Crippen molar-refractivity contribution < 1.29 is 69.2 Å². The van der Waals surface area contributed by atoms with Gasteiger partial charge in [-0.05, 0) is 38.2 Å². The molecule has 9 atom stereocenters. The summed E-state index contributed by atoms with van der Waals surface area (Å²) in [5.74, 6) is -0.223. The normalized spacial score (nSPS) is 24.4. The van der Waals surface area contributed by atoms with Crippen LogP contribution in [-0.2, 0) is 28.2 Å². The number of aliphatic hydroxyl groups is 5. The van der Waals surface area contributed by atoms with Crippen molar-refractivity contribution in [3.05, 3.63) is 77.3 Å². The molecule has 14 N–H and O–H groups in total. The number of ether oxygens (including phenoxy) is 2. The molecule has 384 valence electrons. The number of aliphatic hydroxyl groups excluding tert-OH is 5. The van der Waals surface area contributed by atoms with Gasteiger partial charge in [-0.2, -0.15) is 0 Å². The number of H-pyrrole nitrogens is 2. The van der Waals surface area contributed by atoms with E-state index in [-0.39, 0.29) is 55.0 Å². The Labute approximate surface area is 391 Å². The number of aromatic nitrogens is 4. The van der Waals surface area contributed by atoms with Gasteiger partial charge in [-0.25, -0.2) is 9.59 Å². The van der Waals surface area contributed by atoms with Crippen LogP contribution in [0.3, 0.4) is 0 Å². The molecule has 26 heteroatoms. The Kier molecular flexibility index (Phi) is 25.1. The molecule has 2 amide bonds. The molecule has 5 rings (SSSR count). The van der Waals surface area contributed by atoms with Crippen LogP contribution in [0.5, 0.6) is 0 Å². The maximum Gasteiger partial charge on any atom is 0.330 e. The molecule has 0 saturated carbocycles. The first kappa shape index (κ1) is 57.8. The zero-order chi connectivity index (χ0) is 50.4. The van der Waals surface area contributed by atoms with Crippen LogP contribution < -0.4 is 44.2 Å². The molecule has 0 radical (unpaired) electrons. The minimum absolute atomic E-state index is 0.0155. The van der Waals surface area contributed by atoms with Crippen LogP contribution in [0.25, 0.3) is 12.2 Å². The molecule has 25 nitrogen and oxygen atoms in total. The van der Waals surface area contributed by atoms with Crippen molar-refractivity contribution in [3.8, 4) is 0 Å². The highest BCUT2D eigenvalue weighted by Gasteiger charge is 2.44. The second kappa shape index (κ2) is 29.5. The first-order valence-electron chi connectivity index (χ1n) is 22.7. The van der Waals surface area contributed by atoms with Crippen molar-refractivity contribution in [2.45, 2.75) is 121 Å². The largest absolute Gasteiger partial charge is 0.756 e. The highest BCUT2D eigenvalue weighted by molar-refractivity contribution is 7.44. The zero-order valence-electron chi connectivity index (χ0n) is 38.3. The van der Waals surface area contributed by atoms with Crippen molar-refractivity contribution >= 4 is 31.8 Å².